The third-order valence-corrected chi connectivity index (χ3v) is 4.90. The summed E-state index contributed by atoms with van der Waals surface area (Å²) in [4.78, 5) is 0.201. The molecule has 1 unspecified atom stereocenters. The van der Waals surface area contributed by atoms with Crippen molar-refractivity contribution in [2.45, 2.75) is 17.9 Å². The topological polar surface area (TPSA) is 67.4 Å². The summed E-state index contributed by atoms with van der Waals surface area (Å²) in [5.74, 6) is 0.601. The number of rotatable bonds is 6. The Morgan fingerprint density at radius 3 is 2.53 bits per heavy atom. The number of likely N-dealkylation sites (N-methyl/N-ethyl adjacent to an activating group) is 1. The first-order chi connectivity index (χ1) is 8.40. The minimum atomic E-state index is -3.51. The molecular weight excluding hydrogens is 356 g/mol. The van der Waals surface area contributed by atoms with Crippen LogP contribution in [0.15, 0.2) is 27.6 Å². The Balaban J connectivity index is 0.00000324. The molecule has 1 aromatic rings. The van der Waals surface area contributed by atoms with Gasteiger partial charge in [0.15, 0.2) is 0 Å². The zero-order chi connectivity index (χ0) is 13.8. The van der Waals surface area contributed by atoms with Crippen LogP contribution in [-0.2, 0) is 10.0 Å². The highest BCUT2D eigenvalue weighted by molar-refractivity contribution is 9.10. The average molecular weight is 374 g/mol. The molecule has 1 rings (SSSR count). The second-order valence-electron chi connectivity index (χ2n) is 3.84. The molecule has 0 amide bonds. The van der Waals surface area contributed by atoms with Gasteiger partial charge in [0.05, 0.1) is 12.0 Å². The first-order valence-electron chi connectivity index (χ1n) is 5.41. The molecule has 8 heteroatoms. The van der Waals surface area contributed by atoms with Crippen LogP contribution < -0.4 is 14.8 Å². The van der Waals surface area contributed by atoms with Crippen molar-refractivity contribution < 1.29 is 13.2 Å². The van der Waals surface area contributed by atoms with E-state index in [-0.39, 0.29) is 23.3 Å². The van der Waals surface area contributed by atoms with Crippen molar-refractivity contribution in [1.82, 2.24) is 10.0 Å². The van der Waals surface area contributed by atoms with Crippen molar-refractivity contribution in [3.63, 3.8) is 0 Å². The molecule has 0 saturated carbocycles. The van der Waals surface area contributed by atoms with Crippen LogP contribution in [0.1, 0.15) is 6.92 Å². The molecule has 0 heterocycles. The molecule has 0 saturated heterocycles. The van der Waals surface area contributed by atoms with Gasteiger partial charge in [0.25, 0.3) is 0 Å². The quantitative estimate of drug-likeness (QED) is 0.797. The summed E-state index contributed by atoms with van der Waals surface area (Å²) >= 11 is 3.23. The molecule has 0 fully saturated rings. The number of sulfonamides is 1. The largest absolute Gasteiger partial charge is 0.497 e. The SMILES string of the molecule is CNC(C)CNS(=O)(=O)c1ccc(OC)cc1Br.Cl. The van der Waals surface area contributed by atoms with Crippen LogP contribution in [0.2, 0.25) is 0 Å². The summed E-state index contributed by atoms with van der Waals surface area (Å²) in [6.07, 6.45) is 0. The van der Waals surface area contributed by atoms with Crippen LogP contribution in [0.25, 0.3) is 0 Å². The van der Waals surface area contributed by atoms with Gasteiger partial charge in [-0.25, -0.2) is 13.1 Å². The lowest BCUT2D eigenvalue weighted by atomic mass is 10.3. The van der Waals surface area contributed by atoms with Crippen LogP contribution >= 0.6 is 28.3 Å². The molecule has 1 atom stereocenters. The Morgan fingerprint density at radius 2 is 2.05 bits per heavy atom. The summed E-state index contributed by atoms with van der Waals surface area (Å²) in [7, 11) is -0.203. The maximum absolute atomic E-state index is 12.1. The van der Waals surface area contributed by atoms with Gasteiger partial charge in [-0.2, -0.15) is 0 Å². The van der Waals surface area contributed by atoms with Gasteiger partial charge in [-0.05, 0) is 48.1 Å². The van der Waals surface area contributed by atoms with E-state index < -0.39 is 10.0 Å². The molecule has 0 aliphatic carbocycles. The van der Waals surface area contributed by atoms with Crippen LogP contribution in [-0.4, -0.2) is 35.2 Å². The average Bonchev–Trinajstić information content (AvgIpc) is 2.35. The Kier molecular flexibility index (Phi) is 7.92. The van der Waals surface area contributed by atoms with E-state index in [9.17, 15) is 8.42 Å². The van der Waals surface area contributed by atoms with Gasteiger partial charge in [-0.15, -0.1) is 12.4 Å². The molecule has 110 valence electrons. The normalized spacial score (nSPS) is 12.6. The van der Waals surface area contributed by atoms with Crippen LogP contribution in [0.4, 0.5) is 0 Å². The minimum Gasteiger partial charge on any atom is -0.497 e. The zero-order valence-electron chi connectivity index (χ0n) is 10.9. The van der Waals surface area contributed by atoms with Crippen molar-refractivity contribution in [1.29, 1.82) is 0 Å². The monoisotopic (exact) mass is 372 g/mol. The van der Waals surface area contributed by atoms with E-state index in [1.807, 2.05) is 6.92 Å². The molecule has 0 aliphatic heterocycles. The number of methoxy groups -OCH3 is 1. The molecular formula is C11H18BrClN2O3S. The third-order valence-electron chi connectivity index (χ3n) is 2.50. The van der Waals surface area contributed by atoms with Gasteiger partial charge in [0, 0.05) is 17.1 Å². The van der Waals surface area contributed by atoms with Gasteiger partial charge < -0.3 is 10.1 Å². The summed E-state index contributed by atoms with van der Waals surface area (Å²) in [5.41, 5.74) is 0. The predicted octanol–water partition coefficient (Wildman–Crippen LogP) is 1.77. The van der Waals surface area contributed by atoms with Gasteiger partial charge in [-0.1, -0.05) is 0 Å². The van der Waals surface area contributed by atoms with Crippen LogP contribution in [0.3, 0.4) is 0 Å². The maximum atomic E-state index is 12.1. The zero-order valence-corrected chi connectivity index (χ0v) is 14.2. The smallest absolute Gasteiger partial charge is 0.241 e. The van der Waals surface area contributed by atoms with E-state index in [1.54, 1.807) is 19.2 Å². The lowest BCUT2D eigenvalue weighted by Crippen LogP contribution is -2.37. The molecule has 0 bridgehead atoms. The number of hydrogen-bond acceptors (Lipinski definition) is 4. The highest BCUT2D eigenvalue weighted by atomic mass is 79.9. The summed E-state index contributed by atoms with van der Waals surface area (Å²) in [5, 5.41) is 2.96. The maximum Gasteiger partial charge on any atom is 0.241 e. The van der Waals surface area contributed by atoms with Gasteiger partial charge in [-0.3, -0.25) is 0 Å². The van der Waals surface area contributed by atoms with Gasteiger partial charge in [0.1, 0.15) is 5.75 Å². The summed E-state index contributed by atoms with van der Waals surface area (Å²) in [6.45, 7) is 2.23. The summed E-state index contributed by atoms with van der Waals surface area (Å²) < 4.78 is 32.2. The standard InChI is InChI=1S/C11H17BrN2O3S.ClH/c1-8(13-2)7-14-18(15,16)11-5-4-9(17-3)6-10(11)12;/h4-6,8,13-14H,7H2,1-3H3;1H. The second-order valence-corrected chi connectivity index (χ2v) is 6.43. The first kappa shape index (κ1) is 18.7. The van der Waals surface area contributed by atoms with E-state index >= 15 is 0 Å². The van der Waals surface area contributed by atoms with E-state index in [4.69, 9.17) is 4.74 Å². The number of hydrogen-bond donors (Lipinski definition) is 2. The van der Waals surface area contributed by atoms with Crippen molar-refractivity contribution in [2.24, 2.45) is 0 Å². The van der Waals surface area contributed by atoms with E-state index in [2.05, 4.69) is 26.0 Å². The van der Waals surface area contributed by atoms with Crippen molar-refractivity contribution in [2.75, 3.05) is 20.7 Å². The fraction of sp³-hybridized carbons (Fsp3) is 0.455. The van der Waals surface area contributed by atoms with Crippen LogP contribution in [0, 0.1) is 0 Å². The number of halogens is 2. The molecule has 5 nitrogen and oxygen atoms in total. The van der Waals surface area contributed by atoms with Crippen molar-refractivity contribution in [3.8, 4) is 5.75 Å². The van der Waals surface area contributed by atoms with Crippen LogP contribution in [0.5, 0.6) is 5.75 Å². The molecule has 1 aromatic carbocycles. The van der Waals surface area contributed by atoms with E-state index in [0.717, 1.165) is 0 Å². The summed E-state index contributed by atoms with van der Waals surface area (Å²) in [6, 6.07) is 4.81. The number of nitrogens with one attached hydrogen (secondary N) is 2. The molecule has 0 radical (unpaired) electrons. The molecule has 2 N–H and O–H groups in total. The molecule has 0 aliphatic rings. The highest BCUT2D eigenvalue weighted by Crippen LogP contribution is 2.26. The third kappa shape index (κ3) is 5.27. The van der Waals surface area contributed by atoms with Crippen molar-refractivity contribution >= 4 is 38.4 Å². The fourth-order valence-electron chi connectivity index (χ4n) is 1.24. The predicted molar refractivity (Wildman–Crippen MR) is 81.7 cm³/mol. The van der Waals surface area contributed by atoms with Crippen molar-refractivity contribution in [3.05, 3.63) is 22.7 Å². The molecule has 0 aromatic heterocycles. The lowest BCUT2D eigenvalue weighted by Gasteiger charge is -2.13. The van der Waals surface area contributed by atoms with Gasteiger partial charge >= 0.3 is 0 Å². The Bertz CT molecular complexity index is 511. The van der Waals surface area contributed by atoms with Gasteiger partial charge in [0.2, 0.25) is 10.0 Å². The molecule has 0 spiro atoms. The molecule has 19 heavy (non-hydrogen) atoms. The Hall–Kier alpha value is -0.340. The second kappa shape index (κ2) is 8.06. The lowest BCUT2D eigenvalue weighted by molar-refractivity contribution is 0.414. The fourth-order valence-corrected chi connectivity index (χ4v) is 3.43. The highest BCUT2D eigenvalue weighted by Gasteiger charge is 2.18. The Morgan fingerprint density at radius 1 is 1.42 bits per heavy atom. The van der Waals surface area contributed by atoms with E-state index in [1.165, 1.54) is 13.2 Å². The Labute approximate surface area is 128 Å². The number of ether oxygens (including phenoxy) is 1. The number of benzene rings is 1. The minimum absolute atomic E-state index is 0. The first-order valence-corrected chi connectivity index (χ1v) is 7.68. The van der Waals surface area contributed by atoms with E-state index in [0.29, 0.717) is 16.8 Å².